The van der Waals surface area contributed by atoms with Crippen LogP contribution in [-0.2, 0) is 16.1 Å². The normalized spacial score (nSPS) is 19.1. The zero-order valence-corrected chi connectivity index (χ0v) is 15.2. The molecule has 1 aliphatic heterocycles. The van der Waals surface area contributed by atoms with Crippen molar-refractivity contribution in [2.24, 2.45) is 5.92 Å². The van der Waals surface area contributed by atoms with Crippen molar-refractivity contribution >= 4 is 11.6 Å². The number of hydrogen-bond donors (Lipinski definition) is 2. The second-order valence-electron chi connectivity index (χ2n) is 7.04. The summed E-state index contributed by atoms with van der Waals surface area (Å²) >= 11 is 0. The van der Waals surface area contributed by atoms with Gasteiger partial charge in [-0.05, 0) is 51.0 Å². The van der Waals surface area contributed by atoms with E-state index in [1.807, 2.05) is 26.0 Å². The number of nitrogens with zero attached hydrogens (tertiary/aromatic N) is 2. The van der Waals surface area contributed by atoms with E-state index < -0.39 is 5.69 Å². The van der Waals surface area contributed by atoms with Crippen LogP contribution in [0.25, 0.3) is 0 Å². The summed E-state index contributed by atoms with van der Waals surface area (Å²) in [6.45, 7) is 4.73. The number of ether oxygens (including phenoxy) is 2. The summed E-state index contributed by atoms with van der Waals surface area (Å²) < 4.78 is 10.9. The summed E-state index contributed by atoms with van der Waals surface area (Å²) in [7, 11) is 1.59. The Morgan fingerprint density at radius 3 is 2.69 bits per heavy atom. The van der Waals surface area contributed by atoms with Crippen molar-refractivity contribution in [3.8, 4) is 5.75 Å². The van der Waals surface area contributed by atoms with E-state index in [2.05, 4.69) is 15.2 Å². The van der Waals surface area contributed by atoms with Gasteiger partial charge in [0.15, 0.2) is 5.82 Å². The van der Waals surface area contributed by atoms with Crippen LogP contribution in [0.3, 0.4) is 0 Å². The van der Waals surface area contributed by atoms with Crippen LogP contribution in [0.5, 0.6) is 5.75 Å². The summed E-state index contributed by atoms with van der Waals surface area (Å²) in [5.74, 6) is 0.967. The van der Waals surface area contributed by atoms with E-state index in [9.17, 15) is 9.59 Å². The maximum absolute atomic E-state index is 13.3. The summed E-state index contributed by atoms with van der Waals surface area (Å²) in [5, 5.41) is 6.27. The van der Waals surface area contributed by atoms with Gasteiger partial charge >= 0.3 is 5.69 Å². The maximum Gasteiger partial charge on any atom is 0.340 e. The van der Waals surface area contributed by atoms with Crippen LogP contribution in [0.4, 0.5) is 5.69 Å². The highest BCUT2D eigenvalue weighted by molar-refractivity contribution is 5.95. The molecular weight excluding hydrogens is 336 g/mol. The molecule has 0 unspecified atom stereocenters. The molecule has 1 atom stereocenters. The van der Waals surface area contributed by atoms with Crippen molar-refractivity contribution in [3.05, 3.63) is 40.6 Å². The van der Waals surface area contributed by atoms with Crippen LogP contribution in [0.2, 0.25) is 0 Å². The van der Waals surface area contributed by atoms with E-state index in [-0.39, 0.29) is 24.0 Å². The smallest absolute Gasteiger partial charge is 0.340 e. The third-order valence-corrected chi connectivity index (χ3v) is 4.55. The lowest BCUT2D eigenvalue weighted by atomic mass is 9.87. The lowest BCUT2D eigenvalue weighted by molar-refractivity contribution is -0.132. The van der Waals surface area contributed by atoms with Gasteiger partial charge in [-0.1, -0.05) is 0 Å². The molecule has 0 bridgehead atoms. The first-order chi connectivity index (χ1) is 12.4. The average molecular weight is 360 g/mol. The minimum atomic E-state index is -0.394. The van der Waals surface area contributed by atoms with Gasteiger partial charge in [0.1, 0.15) is 5.75 Å². The summed E-state index contributed by atoms with van der Waals surface area (Å²) in [6, 6.07) is 7.26. The molecule has 1 saturated heterocycles. The van der Waals surface area contributed by atoms with E-state index in [4.69, 9.17) is 9.47 Å². The van der Waals surface area contributed by atoms with Gasteiger partial charge in [0, 0.05) is 18.2 Å². The topological polar surface area (TPSA) is 100 Å². The van der Waals surface area contributed by atoms with E-state index in [1.165, 1.54) is 0 Å². The molecule has 2 N–H and O–H groups in total. The van der Waals surface area contributed by atoms with Crippen molar-refractivity contribution in [1.82, 2.24) is 15.2 Å². The molecule has 0 saturated carbocycles. The fraction of sp³-hybridized carbons (Fsp3) is 0.500. The third kappa shape index (κ3) is 4.13. The molecule has 1 amide bonds. The first-order valence-electron chi connectivity index (χ1n) is 8.61. The molecule has 1 fully saturated rings. The number of amides is 1. The standard InChI is InChI=1S/C18H24N4O4/c1-18(2)10-12(8-9-26-18)16(23)22(11-15-19-17(24)21-20-15)13-4-6-14(25-3)7-5-13/h4-7,12H,8-11H2,1-3H3,(H2,19,20,21,24)/t12-/m0/s1. The number of methoxy groups -OCH3 is 1. The predicted molar refractivity (Wildman–Crippen MR) is 96.1 cm³/mol. The van der Waals surface area contributed by atoms with Crippen molar-refractivity contribution in [2.75, 3.05) is 18.6 Å². The zero-order valence-electron chi connectivity index (χ0n) is 15.2. The monoisotopic (exact) mass is 360 g/mol. The Bertz CT molecular complexity index is 809. The van der Waals surface area contributed by atoms with Gasteiger partial charge in [-0.2, -0.15) is 5.10 Å². The van der Waals surface area contributed by atoms with Crippen LogP contribution < -0.4 is 15.3 Å². The molecule has 1 aromatic heterocycles. The highest BCUT2D eigenvalue weighted by Crippen LogP contribution is 2.32. The van der Waals surface area contributed by atoms with Gasteiger partial charge in [-0.15, -0.1) is 0 Å². The molecular formula is C18H24N4O4. The molecule has 140 valence electrons. The molecule has 3 rings (SSSR count). The van der Waals surface area contributed by atoms with Crippen molar-refractivity contribution in [2.45, 2.75) is 38.8 Å². The van der Waals surface area contributed by atoms with Gasteiger partial charge in [0.2, 0.25) is 5.91 Å². The number of anilines is 1. The second kappa shape index (κ2) is 7.33. The third-order valence-electron chi connectivity index (χ3n) is 4.55. The van der Waals surface area contributed by atoms with Crippen molar-refractivity contribution in [1.29, 1.82) is 0 Å². The Hall–Kier alpha value is -2.61. The maximum atomic E-state index is 13.3. The van der Waals surface area contributed by atoms with E-state index in [0.717, 1.165) is 5.69 Å². The SMILES string of the molecule is COc1ccc(N(Cc2n[nH]c(=O)[nH]2)C(=O)[C@H]2CCOC(C)(C)C2)cc1. The Labute approximate surface area is 151 Å². The van der Waals surface area contributed by atoms with Gasteiger partial charge < -0.3 is 14.4 Å². The fourth-order valence-corrected chi connectivity index (χ4v) is 3.25. The number of hydrogen-bond acceptors (Lipinski definition) is 5. The minimum Gasteiger partial charge on any atom is -0.497 e. The number of carbonyl (C=O) groups excluding carboxylic acids is 1. The lowest BCUT2D eigenvalue weighted by Gasteiger charge is -2.37. The Morgan fingerprint density at radius 2 is 2.12 bits per heavy atom. The van der Waals surface area contributed by atoms with Crippen LogP contribution in [-0.4, -0.2) is 40.4 Å². The molecule has 1 aliphatic rings. The molecule has 8 nitrogen and oxygen atoms in total. The average Bonchev–Trinajstić information content (AvgIpc) is 3.03. The molecule has 1 aromatic carbocycles. The van der Waals surface area contributed by atoms with Crippen molar-refractivity contribution in [3.63, 3.8) is 0 Å². The predicted octanol–water partition coefficient (Wildman–Crippen LogP) is 1.84. The number of benzene rings is 1. The molecule has 26 heavy (non-hydrogen) atoms. The van der Waals surface area contributed by atoms with E-state index in [1.54, 1.807) is 24.1 Å². The van der Waals surface area contributed by atoms with Crippen molar-refractivity contribution < 1.29 is 14.3 Å². The molecule has 0 spiro atoms. The Balaban J connectivity index is 1.88. The van der Waals surface area contributed by atoms with Gasteiger partial charge in [0.05, 0.1) is 19.3 Å². The molecule has 2 aromatic rings. The highest BCUT2D eigenvalue weighted by Gasteiger charge is 2.35. The summed E-state index contributed by atoms with van der Waals surface area (Å²) in [4.78, 5) is 28.9. The summed E-state index contributed by atoms with van der Waals surface area (Å²) in [5.41, 5.74) is 0.00317. The van der Waals surface area contributed by atoms with Crippen LogP contribution in [0.15, 0.2) is 29.1 Å². The number of aromatic nitrogens is 3. The van der Waals surface area contributed by atoms with E-state index in [0.29, 0.717) is 31.0 Å². The summed E-state index contributed by atoms with van der Waals surface area (Å²) in [6.07, 6.45) is 1.32. The quantitative estimate of drug-likeness (QED) is 0.847. The molecule has 2 heterocycles. The number of aromatic amines is 2. The van der Waals surface area contributed by atoms with Gasteiger partial charge in [-0.25, -0.2) is 9.89 Å². The first-order valence-corrected chi connectivity index (χ1v) is 8.61. The largest absolute Gasteiger partial charge is 0.497 e. The van der Waals surface area contributed by atoms with Crippen LogP contribution in [0.1, 0.15) is 32.5 Å². The Morgan fingerprint density at radius 1 is 1.38 bits per heavy atom. The van der Waals surface area contributed by atoms with Crippen LogP contribution in [0, 0.1) is 5.92 Å². The fourth-order valence-electron chi connectivity index (χ4n) is 3.25. The molecule has 8 heteroatoms. The number of nitrogens with one attached hydrogen (secondary N) is 2. The zero-order chi connectivity index (χ0) is 18.7. The first kappa shape index (κ1) is 18.2. The van der Waals surface area contributed by atoms with E-state index >= 15 is 0 Å². The highest BCUT2D eigenvalue weighted by atomic mass is 16.5. The Kier molecular flexibility index (Phi) is 5.13. The number of carbonyl (C=O) groups is 1. The number of H-pyrrole nitrogens is 2. The second-order valence-corrected chi connectivity index (χ2v) is 7.04. The van der Waals surface area contributed by atoms with Crippen LogP contribution >= 0.6 is 0 Å². The lowest BCUT2D eigenvalue weighted by Crippen LogP contribution is -2.43. The molecule has 0 radical (unpaired) electrons. The van der Waals surface area contributed by atoms with Gasteiger partial charge in [-0.3, -0.25) is 9.78 Å². The number of rotatable bonds is 5. The minimum absolute atomic E-state index is 0.00427. The van der Waals surface area contributed by atoms with Gasteiger partial charge in [0.25, 0.3) is 0 Å². The molecule has 0 aliphatic carbocycles.